The van der Waals surface area contributed by atoms with E-state index in [1.807, 2.05) is 13.2 Å². The Morgan fingerprint density at radius 3 is 2.76 bits per heavy atom. The number of rotatable bonds is 5. The molecule has 3 heterocycles. The van der Waals surface area contributed by atoms with E-state index in [0.717, 1.165) is 50.6 Å². The van der Waals surface area contributed by atoms with Crippen LogP contribution in [0.2, 0.25) is 0 Å². The molecule has 2 aliphatic heterocycles. The molecule has 1 unspecified atom stereocenters. The first-order chi connectivity index (χ1) is 12.0. The summed E-state index contributed by atoms with van der Waals surface area (Å²) < 4.78 is 1.71. The Balaban J connectivity index is 1.65. The summed E-state index contributed by atoms with van der Waals surface area (Å²) in [5, 5.41) is 7.95. The molecule has 0 amide bonds. The summed E-state index contributed by atoms with van der Waals surface area (Å²) in [6.07, 6.45) is 6.59. The largest absolute Gasteiger partial charge is 0.371 e. The van der Waals surface area contributed by atoms with Crippen LogP contribution in [0.5, 0.6) is 0 Å². The van der Waals surface area contributed by atoms with E-state index in [-0.39, 0.29) is 11.6 Å². The first-order valence-corrected chi connectivity index (χ1v) is 9.79. The molecule has 2 fully saturated rings. The highest BCUT2D eigenvalue weighted by Crippen LogP contribution is 2.23. The predicted octanol–water partition coefficient (Wildman–Crippen LogP) is 1.72. The minimum Gasteiger partial charge on any atom is -0.371 e. The zero-order chi connectivity index (χ0) is 17.8. The second-order valence-corrected chi connectivity index (χ2v) is 7.95. The minimum atomic E-state index is 0.0266. The third-order valence-electron chi connectivity index (χ3n) is 5.80. The standard InChI is InChI=1S/C19H33N5O/c1-15(2)22(3)18-11-19(25)24(21-12-18)17-5-4-10-23(14-17)13-16-6-8-20-9-7-16/h11-12,15-17,20H,4-10,13-14H2,1-3H3. The first kappa shape index (κ1) is 18.4. The van der Waals surface area contributed by atoms with Crippen LogP contribution in [-0.2, 0) is 0 Å². The SMILES string of the molecule is CC(C)N(C)c1cnn(C2CCCN(CC3CCNCC3)C2)c(=O)c1. The van der Waals surface area contributed by atoms with Crippen LogP contribution in [0.3, 0.4) is 0 Å². The molecule has 0 bridgehead atoms. The molecule has 1 N–H and O–H groups in total. The van der Waals surface area contributed by atoms with Gasteiger partial charge in [-0.2, -0.15) is 5.10 Å². The Labute approximate surface area is 151 Å². The number of anilines is 1. The van der Waals surface area contributed by atoms with E-state index in [1.54, 1.807) is 10.7 Å². The molecule has 1 aromatic heterocycles. The number of aromatic nitrogens is 2. The Bertz CT molecular complexity index is 608. The number of hydrogen-bond donors (Lipinski definition) is 1. The predicted molar refractivity (Wildman–Crippen MR) is 102 cm³/mol. The Hall–Kier alpha value is -1.40. The van der Waals surface area contributed by atoms with Crippen molar-refractivity contribution in [3.05, 3.63) is 22.6 Å². The molecule has 0 saturated carbocycles. The smallest absolute Gasteiger partial charge is 0.269 e. The molecular formula is C19H33N5O. The van der Waals surface area contributed by atoms with Gasteiger partial charge >= 0.3 is 0 Å². The van der Waals surface area contributed by atoms with E-state index in [2.05, 4.69) is 34.1 Å². The van der Waals surface area contributed by atoms with Gasteiger partial charge in [0.1, 0.15) is 0 Å². The average Bonchev–Trinajstić information content (AvgIpc) is 2.62. The Morgan fingerprint density at radius 2 is 2.08 bits per heavy atom. The highest BCUT2D eigenvalue weighted by Gasteiger charge is 2.25. The molecule has 2 saturated heterocycles. The summed E-state index contributed by atoms with van der Waals surface area (Å²) >= 11 is 0. The van der Waals surface area contributed by atoms with Gasteiger partial charge in [-0.05, 0) is 65.1 Å². The molecule has 0 aliphatic carbocycles. The van der Waals surface area contributed by atoms with Crippen LogP contribution in [0, 0.1) is 5.92 Å². The quantitative estimate of drug-likeness (QED) is 0.879. The topological polar surface area (TPSA) is 53.4 Å². The van der Waals surface area contributed by atoms with E-state index in [9.17, 15) is 4.79 Å². The van der Waals surface area contributed by atoms with Crippen LogP contribution in [0.1, 0.15) is 45.6 Å². The lowest BCUT2D eigenvalue weighted by Crippen LogP contribution is -2.44. The number of hydrogen-bond acceptors (Lipinski definition) is 5. The summed E-state index contributed by atoms with van der Waals surface area (Å²) in [4.78, 5) is 17.2. The van der Waals surface area contributed by atoms with Crippen molar-refractivity contribution < 1.29 is 0 Å². The second kappa shape index (κ2) is 8.32. The number of nitrogens with one attached hydrogen (secondary N) is 1. The first-order valence-electron chi connectivity index (χ1n) is 9.79. The molecule has 1 aromatic rings. The van der Waals surface area contributed by atoms with Crippen molar-refractivity contribution >= 4 is 5.69 Å². The van der Waals surface area contributed by atoms with Gasteiger partial charge < -0.3 is 15.1 Å². The van der Waals surface area contributed by atoms with E-state index < -0.39 is 0 Å². The van der Waals surface area contributed by atoms with Crippen LogP contribution in [0.25, 0.3) is 0 Å². The fourth-order valence-electron chi connectivity index (χ4n) is 4.00. The Kier molecular flexibility index (Phi) is 6.12. The molecule has 1 atom stereocenters. The van der Waals surface area contributed by atoms with E-state index in [4.69, 9.17) is 0 Å². The van der Waals surface area contributed by atoms with Gasteiger partial charge in [-0.3, -0.25) is 4.79 Å². The zero-order valence-corrected chi connectivity index (χ0v) is 15.9. The molecule has 6 heteroatoms. The van der Waals surface area contributed by atoms with E-state index in [0.29, 0.717) is 6.04 Å². The highest BCUT2D eigenvalue weighted by molar-refractivity contribution is 5.42. The molecule has 0 aromatic carbocycles. The fourth-order valence-corrected chi connectivity index (χ4v) is 4.00. The normalized spacial score (nSPS) is 23.1. The molecule has 2 aliphatic rings. The van der Waals surface area contributed by atoms with Crippen molar-refractivity contribution in [1.82, 2.24) is 20.0 Å². The van der Waals surface area contributed by atoms with Gasteiger partial charge in [0, 0.05) is 32.2 Å². The van der Waals surface area contributed by atoms with E-state index >= 15 is 0 Å². The number of piperidine rings is 2. The van der Waals surface area contributed by atoms with Gasteiger partial charge in [-0.1, -0.05) is 0 Å². The lowest BCUT2D eigenvalue weighted by molar-refractivity contribution is 0.135. The highest BCUT2D eigenvalue weighted by atomic mass is 16.1. The molecule has 25 heavy (non-hydrogen) atoms. The van der Waals surface area contributed by atoms with Gasteiger partial charge in [-0.15, -0.1) is 0 Å². The van der Waals surface area contributed by atoms with Crippen molar-refractivity contribution in [2.75, 3.05) is 44.7 Å². The van der Waals surface area contributed by atoms with Gasteiger partial charge in [0.2, 0.25) is 0 Å². The van der Waals surface area contributed by atoms with Gasteiger partial charge in [0.15, 0.2) is 0 Å². The minimum absolute atomic E-state index is 0.0266. The third kappa shape index (κ3) is 4.61. The maximum atomic E-state index is 12.6. The molecule has 6 nitrogen and oxygen atoms in total. The summed E-state index contributed by atoms with van der Waals surface area (Å²) in [5.74, 6) is 0.798. The average molecular weight is 348 g/mol. The summed E-state index contributed by atoms with van der Waals surface area (Å²) in [6.45, 7) is 9.80. The second-order valence-electron chi connectivity index (χ2n) is 7.95. The van der Waals surface area contributed by atoms with Crippen LogP contribution >= 0.6 is 0 Å². The lowest BCUT2D eigenvalue weighted by Gasteiger charge is -2.36. The zero-order valence-electron chi connectivity index (χ0n) is 15.9. The fraction of sp³-hybridized carbons (Fsp3) is 0.789. The van der Waals surface area contributed by atoms with Crippen molar-refractivity contribution in [3.8, 4) is 0 Å². The van der Waals surface area contributed by atoms with Crippen molar-refractivity contribution in [3.63, 3.8) is 0 Å². The third-order valence-corrected chi connectivity index (χ3v) is 5.80. The van der Waals surface area contributed by atoms with Gasteiger partial charge in [0.05, 0.1) is 17.9 Å². The maximum absolute atomic E-state index is 12.6. The van der Waals surface area contributed by atoms with Crippen molar-refractivity contribution in [2.24, 2.45) is 5.92 Å². The molecule has 140 valence electrons. The summed E-state index contributed by atoms with van der Waals surface area (Å²) in [5.41, 5.74) is 0.928. The lowest BCUT2D eigenvalue weighted by atomic mass is 9.96. The number of likely N-dealkylation sites (tertiary alicyclic amines) is 1. The molecule has 0 radical (unpaired) electrons. The van der Waals surface area contributed by atoms with Crippen LogP contribution in [0.4, 0.5) is 5.69 Å². The number of nitrogens with zero attached hydrogens (tertiary/aromatic N) is 4. The van der Waals surface area contributed by atoms with Crippen LogP contribution < -0.4 is 15.8 Å². The van der Waals surface area contributed by atoms with Crippen molar-refractivity contribution in [2.45, 2.75) is 51.6 Å². The van der Waals surface area contributed by atoms with Gasteiger partial charge in [0.25, 0.3) is 5.56 Å². The summed E-state index contributed by atoms with van der Waals surface area (Å²) in [7, 11) is 2.01. The van der Waals surface area contributed by atoms with Crippen LogP contribution in [-0.4, -0.2) is 60.5 Å². The molecule has 3 rings (SSSR count). The van der Waals surface area contributed by atoms with Crippen molar-refractivity contribution in [1.29, 1.82) is 0 Å². The molecule has 0 spiro atoms. The van der Waals surface area contributed by atoms with Crippen LogP contribution in [0.15, 0.2) is 17.1 Å². The monoisotopic (exact) mass is 347 g/mol. The Morgan fingerprint density at radius 1 is 1.32 bits per heavy atom. The van der Waals surface area contributed by atoms with Gasteiger partial charge in [-0.25, -0.2) is 4.68 Å². The summed E-state index contributed by atoms with van der Waals surface area (Å²) in [6, 6.07) is 2.30. The van der Waals surface area contributed by atoms with E-state index in [1.165, 1.54) is 19.4 Å². The maximum Gasteiger partial charge on any atom is 0.269 e. The molecular weight excluding hydrogens is 314 g/mol.